The van der Waals surface area contributed by atoms with Crippen molar-refractivity contribution in [2.45, 2.75) is 38.1 Å². The van der Waals surface area contributed by atoms with Crippen LogP contribution >= 0.6 is 0 Å². The Morgan fingerprint density at radius 1 is 1.48 bits per heavy atom. The van der Waals surface area contributed by atoms with Gasteiger partial charge in [-0.25, -0.2) is 8.42 Å². The smallest absolute Gasteiger partial charge is 0.322 e. The quantitative estimate of drug-likeness (QED) is 0.830. The fourth-order valence-corrected chi connectivity index (χ4v) is 3.40. The molecule has 0 amide bonds. The van der Waals surface area contributed by atoms with Crippen molar-refractivity contribution in [2.75, 3.05) is 0 Å². The molecule has 6 nitrogen and oxygen atoms in total. The average molecular weight is 310 g/mol. The van der Waals surface area contributed by atoms with Gasteiger partial charge < -0.3 is 5.11 Å². The van der Waals surface area contributed by atoms with Crippen molar-refractivity contribution < 1.29 is 18.3 Å². The van der Waals surface area contributed by atoms with Crippen LogP contribution < -0.4 is 4.72 Å². The molecule has 0 saturated carbocycles. The number of hydrogen-bond donors (Lipinski definition) is 2. The summed E-state index contributed by atoms with van der Waals surface area (Å²) in [6.45, 7) is 5.05. The van der Waals surface area contributed by atoms with Crippen LogP contribution in [0.4, 0.5) is 0 Å². The van der Waals surface area contributed by atoms with E-state index in [1.54, 1.807) is 20.8 Å². The van der Waals surface area contributed by atoms with Crippen LogP contribution in [-0.2, 0) is 14.8 Å². The van der Waals surface area contributed by atoms with Crippen molar-refractivity contribution in [3.05, 3.63) is 29.3 Å². The second kappa shape index (κ2) is 6.70. The zero-order valence-electron chi connectivity index (χ0n) is 12.1. The number of nitrogens with zero attached hydrogens (tertiary/aromatic N) is 1. The van der Waals surface area contributed by atoms with Crippen LogP contribution in [0.25, 0.3) is 0 Å². The van der Waals surface area contributed by atoms with Gasteiger partial charge in [-0.05, 0) is 30.5 Å². The molecule has 2 N–H and O–H groups in total. The summed E-state index contributed by atoms with van der Waals surface area (Å²) in [5.41, 5.74) is 0.659. The molecule has 0 fully saturated rings. The first-order valence-corrected chi connectivity index (χ1v) is 7.97. The normalized spacial score (nSPS) is 14.2. The molecule has 0 aliphatic carbocycles. The summed E-state index contributed by atoms with van der Waals surface area (Å²) < 4.78 is 27.0. The highest BCUT2D eigenvalue weighted by molar-refractivity contribution is 7.89. The van der Waals surface area contributed by atoms with E-state index in [1.807, 2.05) is 6.07 Å². The van der Waals surface area contributed by atoms with Gasteiger partial charge in [0.2, 0.25) is 10.0 Å². The van der Waals surface area contributed by atoms with E-state index in [9.17, 15) is 18.3 Å². The third-order valence-electron chi connectivity index (χ3n) is 3.37. The summed E-state index contributed by atoms with van der Waals surface area (Å²) in [4.78, 5) is 11.2. The molecule has 0 aliphatic rings. The number of nitriles is 1. The number of aliphatic carboxylic acids is 1. The molecule has 0 radical (unpaired) electrons. The van der Waals surface area contributed by atoms with Gasteiger partial charge in [-0.2, -0.15) is 9.98 Å². The minimum absolute atomic E-state index is 0.0731. The largest absolute Gasteiger partial charge is 0.480 e. The number of sulfonamides is 1. The van der Waals surface area contributed by atoms with Crippen LogP contribution in [-0.4, -0.2) is 25.5 Å². The van der Waals surface area contributed by atoms with Gasteiger partial charge in [-0.1, -0.05) is 26.3 Å². The van der Waals surface area contributed by atoms with Crippen molar-refractivity contribution in [3.8, 4) is 6.07 Å². The van der Waals surface area contributed by atoms with Crippen LogP contribution in [0.3, 0.4) is 0 Å². The summed E-state index contributed by atoms with van der Waals surface area (Å²) in [5, 5.41) is 18.0. The van der Waals surface area contributed by atoms with Gasteiger partial charge in [0, 0.05) is 0 Å². The first-order valence-electron chi connectivity index (χ1n) is 6.48. The molecule has 7 heteroatoms. The lowest BCUT2D eigenvalue weighted by molar-refractivity contribution is -0.140. The highest BCUT2D eigenvalue weighted by Gasteiger charge is 2.30. The second-order valence-corrected chi connectivity index (χ2v) is 6.60. The molecule has 2 atom stereocenters. The van der Waals surface area contributed by atoms with Crippen molar-refractivity contribution in [1.29, 1.82) is 5.26 Å². The van der Waals surface area contributed by atoms with E-state index < -0.39 is 22.0 Å². The minimum atomic E-state index is -4.00. The maximum Gasteiger partial charge on any atom is 0.322 e. The van der Waals surface area contributed by atoms with Crippen molar-refractivity contribution in [1.82, 2.24) is 4.72 Å². The Bertz CT molecular complexity index is 677. The molecule has 1 aromatic rings. The Morgan fingerprint density at radius 3 is 2.57 bits per heavy atom. The third kappa shape index (κ3) is 4.03. The molecule has 114 valence electrons. The summed E-state index contributed by atoms with van der Waals surface area (Å²) in [6, 6.07) is 4.94. The summed E-state index contributed by atoms with van der Waals surface area (Å²) in [7, 11) is -4.00. The Hall–Kier alpha value is -1.91. The molecule has 0 saturated heterocycles. The molecular formula is C14H18N2O4S. The van der Waals surface area contributed by atoms with E-state index >= 15 is 0 Å². The fraction of sp³-hybridized carbons (Fsp3) is 0.429. The zero-order chi connectivity index (χ0) is 16.2. The Balaban J connectivity index is 3.23. The van der Waals surface area contributed by atoms with Gasteiger partial charge in [0.15, 0.2) is 0 Å². The molecule has 0 aliphatic heterocycles. The van der Waals surface area contributed by atoms with Crippen LogP contribution in [0, 0.1) is 24.2 Å². The van der Waals surface area contributed by atoms with Crippen LogP contribution in [0.15, 0.2) is 23.1 Å². The number of nitrogens with one attached hydrogen (secondary N) is 1. The van der Waals surface area contributed by atoms with E-state index in [4.69, 9.17) is 5.26 Å². The SMILES string of the molecule is CCC(C)C(NS(=O)(=O)c1cc(C#N)ccc1C)C(=O)O. The van der Waals surface area contributed by atoms with Crippen LogP contribution in [0.5, 0.6) is 0 Å². The number of carboxylic acid groups (broad SMARTS) is 1. The Morgan fingerprint density at radius 2 is 2.10 bits per heavy atom. The Kier molecular flexibility index (Phi) is 5.47. The molecule has 0 spiro atoms. The van der Waals surface area contributed by atoms with E-state index in [0.29, 0.717) is 12.0 Å². The molecule has 1 aromatic carbocycles. The second-order valence-electron chi connectivity index (χ2n) is 4.91. The van der Waals surface area contributed by atoms with Gasteiger partial charge in [0.25, 0.3) is 0 Å². The average Bonchev–Trinajstić information content (AvgIpc) is 2.44. The first-order chi connectivity index (χ1) is 9.72. The highest BCUT2D eigenvalue weighted by atomic mass is 32.2. The third-order valence-corrected chi connectivity index (χ3v) is 4.95. The lowest BCUT2D eigenvalue weighted by Crippen LogP contribution is -2.45. The molecule has 0 heterocycles. The predicted octanol–water partition coefficient (Wildman–Crippen LogP) is 1.64. The predicted molar refractivity (Wildman–Crippen MR) is 77.1 cm³/mol. The van der Waals surface area contributed by atoms with Crippen molar-refractivity contribution in [3.63, 3.8) is 0 Å². The number of benzene rings is 1. The van der Waals surface area contributed by atoms with E-state index in [1.165, 1.54) is 18.2 Å². The van der Waals surface area contributed by atoms with Crippen molar-refractivity contribution >= 4 is 16.0 Å². The number of hydrogen-bond acceptors (Lipinski definition) is 4. The maximum atomic E-state index is 12.4. The molecule has 0 aromatic heterocycles. The highest BCUT2D eigenvalue weighted by Crippen LogP contribution is 2.19. The van der Waals surface area contributed by atoms with Crippen LogP contribution in [0.2, 0.25) is 0 Å². The molecule has 21 heavy (non-hydrogen) atoms. The van der Waals surface area contributed by atoms with Crippen molar-refractivity contribution in [2.24, 2.45) is 5.92 Å². The summed E-state index contributed by atoms with van der Waals surface area (Å²) in [5.74, 6) is -1.57. The van der Waals surface area contributed by atoms with Gasteiger partial charge in [-0.15, -0.1) is 0 Å². The molecule has 0 bridgehead atoms. The van der Waals surface area contributed by atoms with Gasteiger partial charge >= 0.3 is 5.97 Å². The lowest BCUT2D eigenvalue weighted by Gasteiger charge is -2.20. The van der Waals surface area contributed by atoms with Gasteiger partial charge in [0.1, 0.15) is 6.04 Å². The first kappa shape index (κ1) is 17.1. The van der Waals surface area contributed by atoms with Crippen LogP contribution in [0.1, 0.15) is 31.4 Å². The van der Waals surface area contributed by atoms with Gasteiger partial charge in [-0.3, -0.25) is 4.79 Å². The number of rotatable bonds is 6. The molecule has 2 unspecified atom stereocenters. The Labute approximate surface area is 124 Å². The maximum absolute atomic E-state index is 12.4. The summed E-state index contributed by atoms with van der Waals surface area (Å²) >= 11 is 0. The zero-order valence-corrected chi connectivity index (χ0v) is 12.9. The van der Waals surface area contributed by atoms with E-state index in [0.717, 1.165) is 0 Å². The number of carbonyl (C=O) groups is 1. The van der Waals surface area contributed by atoms with Gasteiger partial charge in [0.05, 0.1) is 16.5 Å². The lowest BCUT2D eigenvalue weighted by atomic mass is 10.0. The number of carboxylic acids is 1. The molecular weight excluding hydrogens is 292 g/mol. The fourth-order valence-electron chi connectivity index (χ4n) is 1.84. The minimum Gasteiger partial charge on any atom is -0.480 e. The summed E-state index contributed by atoms with van der Waals surface area (Å²) in [6.07, 6.45) is 0.525. The number of aryl methyl sites for hydroxylation is 1. The topological polar surface area (TPSA) is 107 Å². The van der Waals surface area contributed by atoms with E-state index in [-0.39, 0.29) is 16.4 Å². The molecule has 1 rings (SSSR count). The standard InChI is InChI=1S/C14H18N2O4S/c1-4-9(2)13(14(17)18)16-21(19,20)12-7-11(8-15)6-5-10(12)3/h5-7,9,13,16H,4H2,1-3H3,(H,17,18). The monoisotopic (exact) mass is 310 g/mol. The van der Waals surface area contributed by atoms with E-state index in [2.05, 4.69) is 4.72 Å².